The number of anilines is 1. The summed E-state index contributed by atoms with van der Waals surface area (Å²) in [7, 11) is 0. The van der Waals surface area contributed by atoms with Crippen LogP contribution in [0, 0.1) is 11.8 Å². The molecule has 1 rings (SSSR count). The lowest BCUT2D eigenvalue weighted by Crippen LogP contribution is -2.32. The average Bonchev–Trinajstić information content (AvgIpc) is 2.47. The van der Waals surface area contributed by atoms with Crippen LogP contribution in [0.4, 0.5) is 10.5 Å². The second-order valence-electron chi connectivity index (χ2n) is 6.01. The molecule has 5 heteroatoms. The molecule has 0 bridgehead atoms. The van der Waals surface area contributed by atoms with Gasteiger partial charge in [-0.3, -0.25) is 0 Å². The number of aliphatic hydroxyl groups excluding tert-OH is 1. The number of benzene rings is 1. The molecule has 2 amide bonds. The van der Waals surface area contributed by atoms with Crippen LogP contribution in [0.5, 0.6) is 5.75 Å². The number of ether oxygens (including phenoxy) is 1. The molecule has 124 valence electrons. The fourth-order valence-corrected chi connectivity index (χ4v) is 1.81. The third-order valence-corrected chi connectivity index (χ3v) is 3.31. The van der Waals surface area contributed by atoms with Crippen molar-refractivity contribution in [2.75, 3.05) is 25.1 Å². The molecule has 3 N–H and O–H groups in total. The van der Waals surface area contributed by atoms with Crippen molar-refractivity contribution >= 4 is 11.7 Å². The van der Waals surface area contributed by atoms with Crippen LogP contribution in [0.1, 0.15) is 33.6 Å². The van der Waals surface area contributed by atoms with Gasteiger partial charge in [0.15, 0.2) is 0 Å². The van der Waals surface area contributed by atoms with Crippen molar-refractivity contribution in [3.8, 4) is 5.75 Å². The molecule has 1 atom stereocenters. The quantitative estimate of drug-likeness (QED) is 0.656. The van der Waals surface area contributed by atoms with Gasteiger partial charge in [-0.25, -0.2) is 4.79 Å². The molecule has 0 aliphatic heterocycles. The van der Waals surface area contributed by atoms with E-state index in [0.29, 0.717) is 25.5 Å². The summed E-state index contributed by atoms with van der Waals surface area (Å²) in [6.07, 6.45) is 1.71. The summed E-state index contributed by atoms with van der Waals surface area (Å²) < 4.78 is 5.63. The third kappa shape index (κ3) is 7.88. The lowest BCUT2D eigenvalue weighted by molar-refractivity contribution is 0.243. The Morgan fingerprint density at radius 1 is 1.18 bits per heavy atom. The molecule has 5 nitrogen and oxygen atoms in total. The number of amides is 2. The summed E-state index contributed by atoms with van der Waals surface area (Å²) in [6.45, 7) is 7.70. The lowest BCUT2D eigenvalue weighted by Gasteiger charge is -2.12. The molecule has 0 saturated heterocycles. The minimum absolute atomic E-state index is 0.142. The molecule has 0 aliphatic carbocycles. The topological polar surface area (TPSA) is 70.6 Å². The van der Waals surface area contributed by atoms with E-state index in [2.05, 4.69) is 24.5 Å². The van der Waals surface area contributed by atoms with Gasteiger partial charge in [0.25, 0.3) is 0 Å². The zero-order valence-corrected chi connectivity index (χ0v) is 13.8. The summed E-state index contributed by atoms with van der Waals surface area (Å²) in [4.78, 5) is 11.7. The van der Waals surface area contributed by atoms with E-state index in [0.717, 1.165) is 17.9 Å². The van der Waals surface area contributed by atoms with Crippen LogP contribution in [0.3, 0.4) is 0 Å². The largest absolute Gasteiger partial charge is 0.494 e. The molecule has 1 aromatic rings. The Hall–Kier alpha value is -1.75. The molecule has 0 aliphatic rings. The van der Waals surface area contributed by atoms with Crippen molar-refractivity contribution in [1.29, 1.82) is 0 Å². The Bertz CT molecular complexity index is 432. The molecular formula is C17H28N2O3. The molecule has 0 radical (unpaired) electrons. The predicted molar refractivity (Wildman–Crippen MR) is 89.3 cm³/mol. The fraction of sp³-hybridized carbons (Fsp3) is 0.588. The summed E-state index contributed by atoms with van der Waals surface area (Å²) >= 11 is 0. The van der Waals surface area contributed by atoms with Crippen LogP contribution >= 0.6 is 0 Å². The summed E-state index contributed by atoms with van der Waals surface area (Å²) in [5.41, 5.74) is 0.725. The highest BCUT2D eigenvalue weighted by Crippen LogP contribution is 2.16. The number of carbonyl (C=O) groups is 1. The summed E-state index contributed by atoms with van der Waals surface area (Å²) in [6, 6.07) is 7.11. The van der Waals surface area contributed by atoms with E-state index in [1.165, 1.54) is 0 Å². The van der Waals surface area contributed by atoms with Crippen molar-refractivity contribution < 1.29 is 14.6 Å². The fourth-order valence-electron chi connectivity index (χ4n) is 1.81. The van der Waals surface area contributed by atoms with Gasteiger partial charge in [0, 0.05) is 18.8 Å². The van der Waals surface area contributed by atoms with Gasteiger partial charge < -0.3 is 20.5 Å². The van der Waals surface area contributed by atoms with Gasteiger partial charge in [0.05, 0.1) is 6.61 Å². The number of rotatable bonds is 9. The van der Waals surface area contributed by atoms with Gasteiger partial charge in [-0.05, 0) is 48.9 Å². The van der Waals surface area contributed by atoms with E-state index in [-0.39, 0.29) is 18.6 Å². The first-order chi connectivity index (χ1) is 10.5. The maximum absolute atomic E-state index is 11.7. The molecule has 22 heavy (non-hydrogen) atoms. The minimum atomic E-state index is -0.238. The highest BCUT2D eigenvalue weighted by Gasteiger charge is 2.05. The summed E-state index contributed by atoms with van der Waals surface area (Å²) in [5, 5.41) is 14.4. The second-order valence-corrected chi connectivity index (χ2v) is 6.01. The van der Waals surface area contributed by atoms with E-state index in [9.17, 15) is 4.79 Å². The highest BCUT2D eigenvalue weighted by molar-refractivity contribution is 5.89. The lowest BCUT2D eigenvalue weighted by atomic mass is 10.1. The molecule has 1 aromatic carbocycles. The number of carbonyl (C=O) groups excluding carboxylic acids is 1. The molecule has 1 unspecified atom stereocenters. The van der Waals surface area contributed by atoms with Gasteiger partial charge in [0.2, 0.25) is 0 Å². The molecule has 0 heterocycles. The van der Waals surface area contributed by atoms with Crippen LogP contribution in [0.2, 0.25) is 0 Å². The first-order valence-corrected chi connectivity index (χ1v) is 7.89. The van der Waals surface area contributed by atoms with Crippen LogP contribution in [-0.4, -0.2) is 30.9 Å². The van der Waals surface area contributed by atoms with Gasteiger partial charge >= 0.3 is 6.03 Å². The zero-order chi connectivity index (χ0) is 16.4. The second kappa shape index (κ2) is 10.1. The van der Waals surface area contributed by atoms with Crippen LogP contribution < -0.4 is 15.4 Å². The normalized spacial score (nSPS) is 12.0. The van der Waals surface area contributed by atoms with Crippen LogP contribution in [-0.2, 0) is 0 Å². The number of aliphatic hydroxyl groups is 1. The molecule has 0 spiro atoms. The van der Waals surface area contributed by atoms with Crippen molar-refractivity contribution in [3.05, 3.63) is 24.3 Å². The van der Waals surface area contributed by atoms with Crippen molar-refractivity contribution in [3.63, 3.8) is 0 Å². The number of urea groups is 1. The SMILES string of the molecule is CC(C)CCOc1ccc(NC(=O)NCC(C)CCO)cc1. The predicted octanol–water partition coefficient (Wildman–Crippen LogP) is 3.25. The van der Waals surface area contributed by atoms with E-state index in [4.69, 9.17) is 9.84 Å². The molecule has 0 saturated carbocycles. The molecular weight excluding hydrogens is 280 g/mol. The van der Waals surface area contributed by atoms with Crippen LogP contribution in [0.15, 0.2) is 24.3 Å². The van der Waals surface area contributed by atoms with Gasteiger partial charge in [-0.15, -0.1) is 0 Å². The Morgan fingerprint density at radius 2 is 1.86 bits per heavy atom. The van der Waals surface area contributed by atoms with Gasteiger partial charge in [-0.1, -0.05) is 20.8 Å². The van der Waals surface area contributed by atoms with E-state index >= 15 is 0 Å². The Kier molecular flexibility index (Phi) is 8.36. The third-order valence-electron chi connectivity index (χ3n) is 3.31. The first-order valence-electron chi connectivity index (χ1n) is 7.89. The van der Waals surface area contributed by atoms with Crippen LogP contribution in [0.25, 0.3) is 0 Å². The van der Waals surface area contributed by atoms with Gasteiger partial charge in [-0.2, -0.15) is 0 Å². The van der Waals surface area contributed by atoms with E-state index in [1.807, 2.05) is 31.2 Å². The Balaban J connectivity index is 2.32. The van der Waals surface area contributed by atoms with E-state index < -0.39 is 0 Å². The van der Waals surface area contributed by atoms with E-state index in [1.54, 1.807) is 0 Å². The maximum atomic E-state index is 11.7. The molecule has 0 aromatic heterocycles. The monoisotopic (exact) mass is 308 g/mol. The van der Waals surface area contributed by atoms with Crippen molar-refractivity contribution in [2.45, 2.75) is 33.6 Å². The Labute approximate surface area is 133 Å². The highest BCUT2D eigenvalue weighted by atomic mass is 16.5. The van der Waals surface area contributed by atoms with Crippen molar-refractivity contribution in [2.24, 2.45) is 11.8 Å². The summed E-state index contributed by atoms with van der Waals surface area (Å²) in [5.74, 6) is 1.69. The first kappa shape index (κ1) is 18.3. The maximum Gasteiger partial charge on any atom is 0.319 e. The zero-order valence-electron chi connectivity index (χ0n) is 13.8. The average molecular weight is 308 g/mol. The number of hydrogen-bond donors (Lipinski definition) is 3. The van der Waals surface area contributed by atoms with Gasteiger partial charge in [0.1, 0.15) is 5.75 Å². The number of nitrogens with one attached hydrogen (secondary N) is 2. The standard InChI is InChI=1S/C17H28N2O3/c1-13(2)9-11-22-16-6-4-15(5-7-16)19-17(21)18-12-14(3)8-10-20/h4-7,13-14,20H,8-12H2,1-3H3,(H2,18,19,21). The minimum Gasteiger partial charge on any atom is -0.494 e. The van der Waals surface area contributed by atoms with Crippen molar-refractivity contribution in [1.82, 2.24) is 5.32 Å². The Morgan fingerprint density at radius 3 is 2.45 bits per heavy atom. The smallest absolute Gasteiger partial charge is 0.319 e. The number of hydrogen-bond acceptors (Lipinski definition) is 3. The molecule has 0 fully saturated rings.